The molecule has 2 nitrogen and oxygen atoms in total. The molecule has 0 radical (unpaired) electrons. The molecule has 0 saturated carbocycles. The molecular formula is C9H6N2. The molecule has 0 spiro atoms. The third-order valence-corrected chi connectivity index (χ3v) is 1.27. The van der Waals surface area contributed by atoms with Gasteiger partial charge in [0.05, 0.1) is 0 Å². The number of pyridine rings is 1. The molecule has 1 aromatic rings. The van der Waals surface area contributed by atoms with Crippen molar-refractivity contribution in [2.45, 2.75) is 6.92 Å². The summed E-state index contributed by atoms with van der Waals surface area (Å²) in [5, 5.41) is 8.18. The van der Waals surface area contributed by atoms with Crippen molar-refractivity contribution in [3.8, 4) is 17.9 Å². The summed E-state index contributed by atoms with van der Waals surface area (Å²) in [6, 6.07) is 3.55. The lowest BCUT2D eigenvalue weighted by Crippen LogP contribution is -1.81. The number of rotatable bonds is 0. The molecule has 0 aromatic carbocycles. The lowest BCUT2D eigenvalue weighted by atomic mass is 10.2. The minimum atomic E-state index is 0.863. The fraction of sp³-hybridized carbons (Fsp3) is 0.111. The van der Waals surface area contributed by atoms with Crippen molar-refractivity contribution in [2.75, 3.05) is 0 Å². The van der Waals surface area contributed by atoms with Crippen LogP contribution in [0.25, 0.3) is 0 Å². The first-order valence-electron chi connectivity index (χ1n) is 3.15. The van der Waals surface area contributed by atoms with Crippen LogP contribution in [0.4, 0.5) is 0 Å². The summed E-state index contributed by atoms with van der Waals surface area (Å²) in [5.74, 6) is 5.04. The van der Waals surface area contributed by atoms with Gasteiger partial charge in [-0.1, -0.05) is 5.92 Å². The Balaban J connectivity index is 3.07. The van der Waals surface area contributed by atoms with E-state index in [4.69, 9.17) is 5.26 Å². The minimum absolute atomic E-state index is 0.863. The average Bonchev–Trinajstić information content (AvgIpc) is 2.03. The van der Waals surface area contributed by atoms with E-state index in [2.05, 4.69) is 16.8 Å². The van der Waals surface area contributed by atoms with Crippen LogP contribution in [0.1, 0.15) is 11.1 Å². The van der Waals surface area contributed by atoms with E-state index in [1.54, 1.807) is 24.5 Å². The lowest BCUT2D eigenvalue weighted by Gasteiger charge is -1.92. The summed E-state index contributed by atoms with van der Waals surface area (Å²) in [4.78, 5) is 3.90. The molecule has 0 N–H and O–H groups in total. The van der Waals surface area contributed by atoms with Crippen LogP contribution in [0.15, 0.2) is 18.5 Å². The molecule has 1 heterocycles. The maximum absolute atomic E-state index is 8.18. The molecule has 0 unspecified atom stereocenters. The van der Waals surface area contributed by atoms with Crippen molar-refractivity contribution in [1.82, 2.24) is 4.98 Å². The summed E-state index contributed by atoms with van der Waals surface area (Å²) in [6.45, 7) is 1.91. The van der Waals surface area contributed by atoms with Gasteiger partial charge in [-0.05, 0) is 18.6 Å². The van der Waals surface area contributed by atoms with Gasteiger partial charge in [-0.15, -0.1) is 0 Å². The molecule has 11 heavy (non-hydrogen) atoms. The van der Waals surface area contributed by atoms with E-state index in [9.17, 15) is 0 Å². The summed E-state index contributed by atoms with van der Waals surface area (Å²) < 4.78 is 0. The van der Waals surface area contributed by atoms with Gasteiger partial charge in [-0.2, -0.15) is 5.26 Å². The zero-order valence-electron chi connectivity index (χ0n) is 6.13. The van der Waals surface area contributed by atoms with Crippen LogP contribution in [0, 0.1) is 30.1 Å². The Morgan fingerprint density at radius 1 is 1.55 bits per heavy atom. The Kier molecular flexibility index (Phi) is 2.25. The van der Waals surface area contributed by atoms with Crippen LogP contribution < -0.4 is 0 Å². The highest BCUT2D eigenvalue weighted by molar-refractivity contribution is 5.41. The van der Waals surface area contributed by atoms with E-state index in [0.29, 0.717) is 0 Å². The number of nitriles is 1. The molecule has 0 aliphatic carbocycles. The third kappa shape index (κ3) is 1.81. The Hall–Kier alpha value is -1.80. The van der Waals surface area contributed by atoms with Gasteiger partial charge in [0, 0.05) is 23.9 Å². The molecule has 0 aliphatic heterocycles. The van der Waals surface area contributed by atoms with Crippen molar-refractivity contribution in [3.63, 3.8) is 0 Å². The predicted octanol–water partition coefficient (Wildman–Crippen LogP) is 1.27. The first-order chi connectivity index (χ1) is 5.34. The largest absolute Gasteiger partial charge is 0.264 e. The topological polar surface area (TPSA) is 36.7 Å². The van der Waals surface area contributed by atoms with Gasteiger partial charge >= 0.3 is 0 Å². The Morgan fingerprint density at radius 2 is 2.36 bits per heavy atom. The second kappa shape index (κ2) is 3.39. The molecule has 0 amide bonds. The van der Waals surface area contributed by atoms with E-state index in [1.807, 2.05) is 6.92 Å². The van der Waals surface area contributed by atoms with Crippen LogP contribution in [0.5, 0.6) is 0 Å². The summed E-state index contributed by atoms with van der Waals surface area (Å²) >= 11 is 0. The van der Waals surface area contributed by atoms with Gasteiger partial charge in [-0.3, -0.25) is 4.98 Å². The zero-order valence-corrected chi connectivity index (χ0v) is 6.13. The highest BCUT2D eigenvalue weighted by Crippen LogP contribution is 2.01. The van der Waals surface area contributed by atoms with Gasteiger partial charge in [-0.25, -0.2) is 0 Å². The maximum atomic E-state index is 8.18. The summed E-state index contributed by atoms with van der Waals surface area (Å²) in [6.07, 6.45) is 3.38. The monoisotopic (exact) mass is 142 g/mol. The van der Waals surface area contributed by atoms with E-state index >= 15 is 0 Å². The van der Waals surface area contributed by atoms with E-state index in [0.717, 1.165) is 11.1 Å². The first kappa shape index (κ1) is 7.31. The van der Waals surface area contributed by atoms with Crippen LogP contribution in [-0.2, 0) is 0 Å². The zero-order chi connectivity index (χ0) is 8.10. The lowest BCUT2D eigenvalue weighted by molar-refractivity contribution is 1.25. The summed E-state index contributed by atoms with van der Waals surface area (Å²) in [5.41, 5.74) is 1.86. The molecular weight excluding hydrogens is 136 g/mol. The second-order valence-corrected chi connectivity index (χ2v) is 2.05. The summed E-state index contributed by atoms with van der Waals surface area (Å²) in [7, 11) is 0. The number of nitrogens with zero attached hydrogens (tertiary/aromatic N) is 2. The highest BCUT2D eigenvalue weighted by Gasteiger charge is 1.89. The number of aromatic nitrogens is 1. The third-order valence-electron chi connectivity index (χ3n) is 1.27. The van der Waals surface area contributed by atoms with Crippen molar-refractivity contribution in [1.29, 1.82) is 5.26 Å². The maximum Gasteiger partial charge on any atom is 0.152 e. The van der Waals surface area contributed by atoms with Gasteiger partial charge < -0.3 is 0 Å². The van der Waals surface area contributed by atoms with Crippen molar-refractivity contribution < 1.29 is 0 Å². The minimum Gasteiger partial charge on any atom is -0.264 e. The van der Waals surface area contributed by atoms with Gasteiger partial charge in [0.2, 0.25) is 0 Å². The van der Waals surface area contributed by atoms with E-state index < -0.39 is 0 Å². The van der Waals surface area contributed by atoms with Crippen LogP contribution >= 0.6 is 0 Å². The van der Waals surface area contributed by atoms with E-state index in [1.165, 1.54) is 0 Å². The number of aryl methyl sites for hydroxylation is 1. The molecule has 0 bridgehead atoms. The Morgan fingerprint density at radius 3 is 3.00 bits per heavy atom. The number of hydrogen-bond donors (Lipinski definition) is 0. The van der Waals surface area contributed by atoms with Crippen LogP contribution in [0.2, 0.25) is 0 Å². The van der Waals surface area contributed by atoms with Gasteiger partial charge in [0.1, 0.15) is 0 Å². The molecule has 0 saturated heterocycles. The Labute approximate surface area is 65.5 Å². The molecule has 2 heteroatoms. The standard InChI is InChI=1S/C9H6N2/c1-8-7-11-6-4-9(8)3-2-5-10/h4,6-7H,1H3. The second-order valence-electron chi connectivity index (χ2n) is 2.05. The van der Waals surface area contributed by atoms with E-state index in [-0.39, 0.29) is 0 Å². The highest BCUT2D eigenvalue weighted by atomic mass is 14.6. The van der Waals surface area contributed by atoms with Gasteiger partial charge in [0.15, 0.2) is 6.07 Å². The fourth-order valence-electron chi connectivity index (χ4n) is 0.709. The average molecular weight is 142 g/mol. The van der Waals surface area contributed by atoms with Crippen molar-refractivity contribution in [2.24, 2.45) is 0 Å². The Bertz CT molecular complexity index is 350. The molecule has 0 aliphatic rings. The van der Waals surface area contributed by atoms with Crippen molar-refractivity contribution in [3.05, 3.63) is 29.6 Å². The molecule has 1 rings (SSSR count). The normalized spacial score (nSPS) is 7.64. The van der Waals surface area contributed by atoms with Gasteiger partial charge in [0.25, 0.3) is 0 Å². The smallest absolute Gasteiger partial charge is 0.152 e. The van der Waals surface area contributed by atoms with Crippen molar-refractivity contribution >= 4 is 0 Å². The predicted molar refractivity (Wildman–Crippen MR) is 41.5 cm³/mol. The molecule has 52 valence electrons. The van der Waals surface area contributed by atoms with Crippen LogP contribution in [0.3, 0.4) is 0 Å². The molecule has 0 fully saturated rings. The quantitative estimate of drug-likeness (QED) is 0.511. The van der Waals surface area contributed by atoms with Crippen LogP contribution in [-0.4, -0.2) is 4.98 Å². The first-order valence-corrected chi connectivity index (χ1v) is 3.15. The molecule has 0 atom stereocenters. The molecule has 1 aromatic heterocycles. The number of hydrogen-bond acceptors (Lipinski definition) is 2. The fourth-order valence-corrected chi connectivity index (χ4v) is 0.709. The SMILES string of the molecule is Cc1cnccc1C#CC#N.